The van der Waals surface area contributed by atoms with Crippen LogP contribution in [0.2, 0.25) is 0 Å². The number of rotatable bonds is 6. The highest BCUT2D eigenvalue weighted by Crippen LogP contribution is 2.18. The summed E-state index contributed by atoms with van der Waals surface area (Å²) in [5, 5.41) is 3.06. The number of amides is 1. The normalized spacial score (nSPS) is 25.6. The van der Waals surface area contributed by atoms with Crippen molar-refractivity contribution in [2.45, 2.75) is 38.6 Å². The second kappa shape index (κ2) is 8.60. The number of hydrogen-bond donors (Lipinski definition) is 1. The number of likely N-dealkylation sites (tertiary alicyclic amines) is 1. The van der Waals surface area contributed by atoms with Gasteiger partial charge in [-0.15, -0.1) is 0 Å². The van der Waals surface area contributed by atoms with Gasteiger partial charge >= 0.3 is 0 Å². The van der Waals surface area contributed by atoms with Gasteiger partial charge in [0.15, 0.2) is 0 Å². The molecule has 0 saturated carbocycles. The van der Waals surface area contributed by atoms with Crippen molar-refractivity contribution in [1.82, 2.24) is 15.1 Å². The van der Waals surface area contributed by atoms with Gasteiger partial charge in [-0.25, -0.2) is 0 Å². The van der Waals surface area contributed by atoms with Crippen molar-refractivity contribution in [1.29, 1.82) is 0 Å². The molecule has 5 nitrogen and oxygen atoms in total. The van der Waals surface area contributed by atoms with Gasteiger partial charge in [0.05, 0.1) is 19.8 Å². The number of nitrogens with zero attached hydrogens (tertiary/aromatic N) is 2. The van der Waals surface area contributed by atoms with Gasteiger partial charge in [0.25, 0.3) is 0 Å². The zero-order valence-corrected chi connectivity index (χ0v) is 12.8. The quantitative estimate of drug-likeness (QED) is 0.779. The van der Waals surface area contributed by atoms with E-state index in [0.717, 1.165) is 52.4 Å². The first-order valence-electron chi connectivity index (χ1n) is 8.10. The maximum atomic E-state index is 12.0. The topological polar surface area (TPSA) is 44.8 Å². The first kappa shape index (κ1) is 15.7. The summed E-state index contributed by atoms with van der Waals surface area (Å²) in [6, 6.07) is 0.605. The van der Waals surface area contributed by atoms with E-state index in [0.29, 0.717) is 12.6 Å². The van der Waals surface area contributed by atoms with E-state index in [9.17, 15) is 4.79 Å². The van der Waals surface area contributed by atoms with Crippen LogP contribution < -0.4 is 5.32 Å². The fourth-order valence-electron chi connectivity index (χ4n) is 3.15. The molecule has 1 amide bonds. The maximum absolute atomic E-state index is 12.0. The average molecular weight is 283 g/mol. The number of carbonyl (C=O) groups excluding carboxylic acids is 1. The molecule has 0 aliphatic carbocycles. The van der Waals surface area contributed by atoms with Gasteiger partial charge in [0, 0.05) is 32.2 Å². The third-order valence-corrected chi connectivity index (χ3v) is 4.42. The number of carbonyl (C=O) groups is 1. The van der Waals surface area contributed by atoms with E-state index in [1.807, 2.05) is 0 Å². The van der Waals surface area contributed by atoms with E-state index in [1.165, 1.54) is 19.3 Å². The summed E-state index contributed by atoms with van der Waals surface area (Å²) in [5.41, 5.74) is 0. The number of ether oxygens (including phenoxy) is 1. The minimum absolute atomic E-state index is 0.179. The summed E-state index contributed by atoms with van der Waals surface area (Å²) in [5.74, 6) is 0.179. The molecule has 1 unspecified atom stereocenters. The predicted molar refractivity (Wildman–Crippen MR) is 79.8 cm³/mol. The van der Waals surface area contributed by atoms with Crippen LogP contribution in [0.15, 0.2) is 0 Å². The Morgan fingerprint density at radius 3 is 2.80 bits per heavy atom. The van der Waals surface area contributed by atoms with Crippen LogP contribution in [0.25, 0.3) is 0 Å². The van der Waals surface area contributed by atoms with E-state index in [2.05, 4.69) is 22.0 Å². The number of morpholine rings is 1. The molecule has 20 heavy (non-hydrogen) atoms. The van der Waals surface area contributed by atoms with Gasteiger partial charge in [0.1, 0.15) is 0 Å². The van der Waals surface area contributed by atoms with E-state index >= 15 is 0 Å². The average Bonchev–Trinajstić information content (AvgIpc) is 2.49. The van der Waals surface area contributed by atoms with Crippen LogP contribution in [-0.4, -0.2) is 74.2 Å². The molecule has 2 fully saturated rings. The highest BCUT2D eigenvalue weighted by Gasteiger charge is 2.22. The minimum atomic E-state index is 0.179. The monoisotopic (exact) mass is 283 g/mol. The first-order chi connectivity index (χ1) is 9.79. The van der Waals surface area contributed by atoms with Crippen LogP contribution in [0.3, 0.4) is 0 Å². The molecule has 5 heteroatoms. The Balaban J connectivity index is 1.61. The fourth-order valence-corrected chi connectivity index (χ4v) is 3.15. The summed E-state index contributed by atoms with van der Waals surface area (Å²) < 4.78 is 5.32. The van der Waals surface area contributed by atoms with E-state index in [1.54, 1.807) is 0 Å². The lowest BCUT2D eigenvalue weighted by molar-refractivity contribution is -0.123. The van der Waals surface area contributed by atoms with E-state index < -0.39 is 0 Å². The Morgan fingerprint density at radius 1 is 1.25 bits per heavy atom. The highest BCUT2D eigenvalue weighted by molar-refractivity contribution is 5.78. The Kier molecular flexibility index (Phi) is 6.76. The summed E-state index contributed by atoms with van der Waals surface area (Å²) in [6.07, 6.45) is 4.95. The van der Waals surface area contributed by atoms with Crippen molar-refractivity contribution >= 4 is 5.91 Å². The van der Waals surface area contributed by atoms with Gasteiger partial charge in [-0.3, -0.25) is 14.6 Å². The molecule has 0 spiro atoms. The number of hydrogen-bond acceptors (Lipinski definition) is 4. The van der Waals surface area contributed by atoms with Crippen molar-refractivity contribution in [2.24, 2.45) is 0 Å². The fraction of sp³-hybridized carbons (Fsp3) is 0.933. The zero-order chi connectivity index (χ0) is 14.2. The molecule has 2 aliphatic rings. The lowest BCUT2D eigenvalue weighted by atomic mass is 10.0. The Hall–Kier alpha value is -0.650. The van der Waals surface area contributed by atoms with Crippen molar-refractivity contribution < 1.29 is 9.53 Å². The molecule has 1 atom stereocenters. The van der Waals surface area contributed by atoms with Crippen LogP contribution in [0.1, 0.15) is 32.6 Å². The molecular weight excluding hydrogens is 254 g/mol. The SMILES string of the molecule is CCC1CCCCN1CC(=O)NCCN1CCOCC1. The standard InChI is InChI=1S/C15H29N3O2/c1-2-14-5-3-4-7-18(14)13-15(19)16-6-8-17-9-11-20-12-10-17/h14H,2-13H2,1H3,(H,16,19). The van der Waals surface area contributed by atoms with E-state index in [4.69, 9.17) is 4.74 Å². The molecule has 2 saturated heterocycles. The molecule has 0 bridgehead atoms. The van der Waals surface area contributed by atoms with Crippen molar-refractivity contribution in [3.8, 4) is 0 Å². The third kappa shape index (κ3) is 5.04. The molecule has 116 valence electrons. The van der Waals surface area contributed by atoms with Crippen molar-refractivity contribution in [3.05, 3.63) is 0 Å². The molecule has 0 aromatic heterocycles. The van der Waals surface area contributed by atoms with Gasteiger partial charge in [-0.2, -0.15) is 0 Å². The molecule has 2 heterocycles. The van der Waals surface area contributed by atoms with E-state index in [-0.39, 0.29) is 5.91 Å². The summed E-state index contributed by atoms with van der Waals surface area (Å²) in [6.45, 7) is 9.17. The molecule has 2 rings (SSSR count). The van der Waals surface area contributed by atoms with Gasteiger partial charge in [-0.1, -0.05) is 13.3 Å². The lowest BCUT2D eigenvalue weighted by Crippen LogP contribution is -2.47. The highest BCUT2D eigenvalue weighted by atomic mass is 16.5. The van der Waals surface area contributed by atoms with Gasteiger partial charge in [0.2, 0.25) is 5.91 Å². The summed E-state index contributed by atoms with van der Waals surface area (Å²) >= 11 is 0. The lowest BCUT2D eigenvalue weighted by Gasteiger charge is -2.34. The van der Waals surface area contributed by atoms with Crippen LogP contribution in [-0.2, 0) is 9.53 Å². The second-order valence-corrected chi connectivity index (χ2v) is 5.83. The molecule has 0 aromatic carbocycles. The van der Waals surface area contributed by atoms with Crippen LogP contribution in [0.4, 0.5) is 0 Å². The Morgan fingerprint density at radius 2 is 2.05 bits per heavy atom. The molecule has 0 radical (unpaired) electrons. The van der Waals surface area contributed by atoms with Crippen LogP contribution in [0, 0.1) is 0 Å². The second-order valence-electron chi connectivity index (χ2n) is 5.83. The number of piperidine rings is 1. The Bertz CT molecular complexity index is 293. The zero-order valence-electron chi connectivity index (χ0n) is 12.8. The first-order valence-corrected chi connectivity index (χ1v) is 8.10. The van der Waals surface area contributed by atoms with Gasteiger partial charge in [-0.05, 0) is 25.8 Å². The predicted octanol–water partition coefficient (Wildman–Crippen LogP) is 0.699. The molecule has 0 aromatic rings. The van der Waals surface area contributed by atoms with Gasteiger partial charge < -0.3 is 10.1 Å². The molecule has 1 N–H and O–H groups in total. The van der Waals surface area contributed by atoms with Crippen molar-refractivity contribution in [3.63, 3.8) is 0 Å². The largest absolute Gasteiger partial charge is 0.379 e. The smallest absolute Gasteiger partial charge is 0.234 e. The van der Waals surface area contributed by atoms with Crippen LogP contribution in [0.5, 0.6) is 0 Å². The maximum Gasteiger partial charge on any atom is 0.234 e. The van der Waals surface area contributed by atoms with Crippen molar-refractivity contribution in [2.75, 3.05) is 52.5 Å². The Labute approximate surface area is 122 Å². The molecule has 2 aliphatic heterocycles. The summed E-state index contributed by atoms with van der Waals surface area (Å²) in [4.78, 5) is 16.7. The number of nitrogens with one attached hydrogen (secondary N) is 1. The third-order valence-electron chi connectivity index (χ3n) is 4.42. The minimum Gasteiger partial charge on any atom is -0.379 e. The summed E-state index contributed by atoms with van der Waals surface area (Å²) in [7, 11) is 0. The van der Waals surface area contributed by atoms with Crippen LogP contribution >= 0.6 is 0 Å². The molecular formula is C15H29N3O2.